The Balaban J connectivity index is -0.000000294. The van der Waals surface area contributed by atoms with Gasteiger partial charge >= 0.3 is 11.9 Å². The average molecular weight is 371 g/mol. The lowest BCUT2D eigenvalue weighted by molar-refractivity contribution is -0.138. The third kappa shape index (κ3) is 21.4. The van der Waals surface area contributed by atoms with Crippen LogP contribution in [-0.4, -0.2) is 61.5 Å². The monoisotopic (exact) mass is 370 g/mol. The molecule has 0 saturated carbocycles. The van der Waals surface area contributed by atoms with E-state index in [4.69, 9.17) is 25.9 Å². The van der Waals surface area contributed by atoms with Crippen molar-refractivity contribution in [3.05, 3.63) is 25.3 Å². The van der Waals surface area contributed by atoms with Crippen molar-refractivity contribution in [1.29, 1.82) is 0 Å². The van der Waals surface area contributed by atoms with E-state index < -0.39 is 24.0 Å². The summed E-state index contributed by atoms with van der Waals surface area (Å²) in [6.45, 7) is 6.99. The van der Waals surface area contributed by atoms with Gasteiger partial charge in [-0.2, -0.15) is 27.7 Å². The number of hydrogen-bond donors (Lipinski definition) is 4. The fraction of sp³-hybridized carbons (Fsp3) is 0.500. The Morgan fingerprint density at radius 2 is 1.23 bits per heavy atom. The predicted molar refractivity (Wildman–Crippen MR) is 94.4 cm³/mol. The van der Waals surface area contributed by atoms with E-state index >= 15 is 0 Å². The van der Waals surface area contributed by atoms with Gasteiger partial charge in [-0.15, -0.1) is 13.2 Å². The zero-order chi connectivity index (χ0) is 18.0. The topological polar surface area (TPSA) is 144 Å². The van der Waals surface area contributed by atoms with Crippen LogP contribution in [0.5, 0.6) is 0 Å². The standard InChI is InChI=1S/2C6H11NO2S.OS/c2*1-2-3-10-4-5(7)6(8)9;1-2/h2*2,5H,1,3-4,7H2,(H,8,9);/t2*5-;/m00./s1. The predicted octanol–water partition coefficient (Wildman–Crippen LogP) is 0.299. The Bertz CT molecular complexity index is 302. The molecular formula is C12H22N2O5S3. The maximum atomic E-state index is 10.1. The molecule has 0 aliphatic carbocycles. The number of nitrogens with two attached hydrogens (primary N) is 2. The van der Waals surface area contributed by atoms with Crippen LogP contribution in [0.3, 0.4) is 0 Å². The maximum absolute atomic E-state index is 10.1. The van der Waals surface area contributed by atoms with Crippen LogP contribution >= 0.6 is 23.5 Å². The minimum Gasteiger partial charge on any atom is -0.480 e. The first kappa shape index (κ1) is 26.0. The molecule has 0 amide bonds. The van der Waals surface area contributed by atoms with Crippen molar-refractivity contribution >= 4 is 48.0 Å². The van der Waals surface area contributed by atoms with E-state index in [0.29, 0.717) is 11.5 Å². The van der Waals surface area contributed by atoms with Gasteiger partial charge in [-0.25, -0.2) is 0 Å². The first-order chi connectivity index (χ1) is 10.4. The van der Waals surface area contributed by atoms with Crippen LogP contribution in [0.25, 0.3) is 0 Å². The first-order valence-corrected chi connectivity index (χ1v) is 8.51. The van der Waals surface area contributed by atoms with Crippen molar-refractivity contribution in [2.75, 3.05) is 23.0 Å². The van der Waals surface area contributed by atoms with E-state index in [0.717, 1.165) is 11.5 Å². The number of thioether (sulfide) groups is 2. The molecule has 0 rings (SSSR count). The fourth-order valence-electron chi connectivity index (χ4n) is 0.699. The summed E-state index contributed by atoms with van der Waals surface area (Å²) in [5.74, 6) is 0.498. The fourth-order valence-corrected chi connectivity index (χ4v) is 2.10. The van der Waals surface area contributed by atoms with Crippen LogP contribution in [0.1, 0.15) is 0 Å². The third-order valence-corrected chi connectivity index (χ3v) is 3.83. The highest BCUT2D eigenvalue weighted by Crippen LogP contribution is 2.01. The summed E-state index contributed by atoms with van der Waals surface area (Å²) >= 11 is 5.76. The molecule has 0 aromatic carbocycles. The molecule has 0 spiro atoms. The summed E-state index contributed by atoms with van der Waals surface area (Å²) in [6, 6.07) is -1.49. The van der Waals surface area contributed by atoms with E-state index in [1.54, 1.807) is 12.2 Å². The van der Waals surface area contributed by atoms with Crippen LogP contribution in [0.2, 0.25) is 0 Å². The molecule has 6 N–H and O–H groups in total. The minimum atomic E-state index is -0.948. The van der Waals surface area contributed by atoms with E-state index in [2.05, 4.69) is 25.7 Å². The zero-order valence-electron chi connectivity index (χ0n) is 12.1. The molecule has 0 fully saturated rings. The van der Waals surface area contributed by atoms with Gasteiger partial charge in [0.05, 0.1) is 0 Å². The molecule has 0 heterocycles. The number of carbonyl (C=O) groups is 2. The number of carboxylic acids is 2. The number of rotatable bonds is 10. The third-order valence-electron chi connectivity index (χ3n) is 1.70. The summed E-state index contributed by atoms with van der Waals surface area (Å²) in [6.07, 6.45) is 3.44. The Labute approximate surface area is 144 Å². The Morgan fingerprint density at radius 1 is 0.955 bits per heavy atom. The molecule has 0 unspecified atom stereocenters. The maximum Gasteiger partial charge on any atom is 0.321 e. The number of carboxylic acid groups (broad SMARTS) is 2. The average Bonchev–Trinajstić information content (AvgIpc) is 2.50. The Kier molecular flexibility index (Phi) is 23.7. The summed E-state index contributed by atoms with van der Waals surface area (Å²) in [7, 11) is 0. The molecule has 10 heteroatoms. The first-order valence-electron chi connectivity index (χ1n) is 5.87. The molecule has 128 valence electrons. The van der Waals surface area contributed by atoms with Crippen molar-refractivity contribution in [1.82, 2.24) is 0 Å². The van der Waals surface area contributed by atoms with Crippen LogP contribution < -0.4 is 11.5 Å². The van der Waals surface area contributed by atoms with E-state index in [1.165, 1.54) is 23.5 Å². The Morgan fingerprint density at radius 3 is 1.41 bits per heavy atom. The van der Waals surface area contributed by atoms with Gasteiger partial charge in [0, 0.05) is 23.0 Å². The highest BCUT2D eigenvalue weighted by Gasteiger charge is 2.10. The van der Waals surface area contributed by atoms with E-state index in [9.17, 15) is 9.59 Å². The van der Waals surface area contributed by atoms with Crippen molar-refractivity contribution in [3.63, 3.8) is 0 Å². The van der Waals surface area contributed by atoms with Crippen LogP contribution in [0, 0.1) is 0 Å². The van der Waals surface area contributed by atoms with E-state index in [1.807, 2.05) is 0 Å². The minimum absolute atomic E-state index is 0.446. The van der Waals surface area contributed by atoms with Gasteiger partial charge in [0.1, 0.15) is 12.1 Å². The quantitative estimate of drug-likeness (QED) is 0.313. The summed E-state index contributed by atoms with van der Waals surface area (Å²) in [5, 5.41) is 16.6. The molecule has 0 aromatic rings. The molecule has 0 saturated heterocycles. The molecule has 0 aliphatic rings. The van der Waals surface area contributed by atoms with Gasteiger partial charge in [0.25, 0.3) is 0 Å². The van der Waals surface area contributed by atoms with Crippen molar-refractivity contribution in [2.24, 2.45) is 11.5 Å². The normalized spacial score (nSPS) is 11.5. The molecule has 7 nitrogen and oxygen atoms in total. The lowest BCUT2D eigenvalue weighted by Crippen LogP contribution is -2.32. The molecule has 2 atom stereocenters. The lowest BCUT2D eigenvalue weighted by atomic mass is 10.4. The summed E-state index contributed by atoms with van der Waals surface area (Å²) in [4.78, 5) is 20.3. The van der Waals surface area contributed by atoms with Crippen LogP contribution in [0.15, 0.2) is 25.3 Å². The second-order valence-corrected chi connectivity index (χ2v) is 5.69. The van der Waals surface area contributed by atoms with Crippen molar-refractivity contribution < 1.29 is 24.0 Å². The van der Waals surface area contributed by atoms with Gasteiger partial charge in [0.15, 0.2) is 12.5 Å². The van der Waals surface area contributed by atoms with Crippen molar-refractivity contribution in [3.8, 4) is 0 Å². The highest BCUT2D eigenvalue weighted by molar-refractivity contribution is 7.99. The smallest absolute Gasteiger partial charge is 0.321 e. The molecule has 0 bridgehead atoms. The van der Waals surface area contributed by atoms with Crippen LogP contribution in [0.4, 0.5) is 0 Å². The highest BCUT2D eigenvalue weighted by atomic mass is 32.2. The molecule has 0 radical (unpaired) electrons. The SMILES string of the molecule is C=CCSC[C@H](N)C(=O)O.C=CCSC[C@H](N)C(=O)O.O=S. The number of hydrogen-bond acceptors (Lipinski definition) is 8. The molecule has 0 aliphatic heterocycles. The van der Waals surface area contributed by atoms with Gasteiger partial charge < -0.3 is 21.7 Å². The van der Waals surface area contributed by atoms with Crippen LogP contribution in [-0.2, 0) is 22.1 Å². The zero-order valence-corrected chi connectivity index (χ0v) is 14.5. The van der Waals surface area contributed by atoms with Gasteiger partial charge in [-0.1, -0.05) is 12.2 Å². The number of aliphatic carboxylic acids is 2. The van der Waals surface area contributed by atoms with Gasteiger partial charge in [-0.05, 0) is 0 Å². The second kappa shape index (κ2) is 20.1. The van der Waals surface area contributed by atoms with E-state index in [-0.39, 0.29) is 0 Å². The Hall–Kier alpha value is -0.940. The molecule has 0 aromatic heterocycles. The molecule has 22 heavy (non-hydrogen) atoms. The lowest BCUT2D eigenvalue weighted by Gasteiger charge is -2.02. The summed E-state index contributed by atoms with van der Waals surface area (Å²) < 4.78 is 7.83. The van der Waals surface area contributed by atoms with Crippen molar-refractivity contribution in [2.45, 2.75) is 12.1 Å². The molecular weight excluding hydrogens is 348 g/mol. The largest absolute Gasteiger partial charge is 0.480 e. The van der Waals surface area contributed by atoms with Gasteiger partial charge in [0.2, 0.25) is 0 Å². The summed E-state index contributed by atoms with van der Waals surface area (Å²) in [5.41, 5.74) is 10.4. The van der Waals surface area contributed by atoms with Gasteiger partial charge in [-0.3, -0.25) is 9.59 Å². The second-order valence-electron chi connectivity index (χ2n) is 3.54.